The Balaban J connectivity index is 0.000000182. The Hall–Kier alpha value is -2.20. The molecule has 3 aliphatic carbocycles. The highest BCUT2D eigenvalue weighted by molar-refractivity contribution is 7.71. The number of aromatic nitrogens is 4. The molecule has 3 unspecified atom stereocenters. The van der Waals surface area contributed by atoms with Crippen LogP contribution in [0, 0.1) is 53.8 Å². The van der Waals surface area contributed by atoms with Crippen LogP contribution in [0.25, 0.3) is 9.69 Å². The first-order valence-corrected chi connectivity index (χ1v) is 21.9. The highest BCUT2D eigenvalue weighted by atomic mass is 32.1. The second-order valence-electron chi connectivity index (χ2n) is 15.1. The van der Waals surface area contributed by atoms with Gasteiger partial charge in [-0.15, -0.1) is 0 Å². The van der Waals surface area contributed by atoms with Crippen LogP contribution >= 0.6 is 41.2 Å². The Morgan fingerprint density at radius 2 is 1.38 bits per heavy atom. The fourth-order valence-corrected chi connectivity index (χ4v) is 11.5. The van der Waals surface area contributed by atoms with Gasteiger partial charge in [-0.2, -0.15) is 0 Å². The van der Waals surface area contributed by atoms with E-state index in [1.54, 1.807) is 26.2 Å². The predicted molar refractivity (Wildman–Crippen MR) is 206 cm³/mol. The third-order valence-corrected chi connectivity index (χ3v) is 14.3. The van der Waals surface area contributed by atoms with Crippen molar-refractivity contribution in [1.29, 1.82) is 0 Å². The van der Waals surface area contributed by atoms with Gasteiger partial charge in [0.1, 0.15) is 36.9 Å². The summed E-state index contributed by atoms with van der Waals surface area (Å²) in [4.78, 5) is 35.6. The van der Waals surface area contributed by atoms with Crippen molar-refractivity contribution < 1.29 is 27.6 Å². The zero-order valence-electron chi connectivity index (χ0n) is 31.0. The highest BCUT2D eigenvalue weighted by Crippen LogP contribution is 2.73. The number of nitrogens with one attached hydrogen (secondary N) is 2. The van der Waals surface area contributed by atoms with Crippen molar-refractivity contribution in [2.75, 3.05) is 39.6 Å². The Morgan fingerprint density at radius 1 is 0.868 bits per heavy atom. The molecule has 0 radical (unpaired) electrons. The van der Waals surface area contributed by atoms with E-state index in [0.29, 0.717) is 71.6 Å². The van der Waals surface area contributed by atoms with Gasteiger partial charge in [0.15, 0.2) is 26.3 Å². The Kier molecular flexibility index (Phi) is 12.3. The summed E-state index contributed by atoms with van der Waals surface area (Å²) in [6, 6.07) is 0. The molecule has 2 aliphatic heterocycles. The molecule has 4 heterocycles. The highest BCUT2D eigenvalue weighted by Gasteiger charge is 2.74. The normalized spacial score (nSPS) is 34.6. The smallest absolute Gasteiger partial charge is 0.254 e. The monoisotopic (exact) mass is 806 g/mol. The van der Waals surface area contributed by atoms with Crippen molar-refractivity contribution in [2.24, 2.45) is 17.3 Å². The minimum absolute atomic E-state index is 0.0106. The largest absolute Gasteiger partial charge is 0.351 e. The van der Waals surface area contributed by atoms with Crippen LogP contribution in [0.5, 0.6) is 0 Å². The van der Waals surface area contributed by atoms with Crippen LogP contribution in [0.4, 0.5) is 0 Å². The fourth-order valence-electron chi connectivity index (χ4n) is 8.65. The van der Waals surface area contributed by atoms with Crippen molar-refractivity contribution in [3.8, 4) is 0 Å². The summed E-state index contributed by atoms with van der Waals surface area (Å²) >= 11 is 10.7. The molecule has 14 nitrogen and oxygen atoms in total. The molecule has 2 aromatic heterocycles. The first kappa shape index (κ1) is 40.5. The number of nitrogens with zero attached hydrogens (tertiary/aromatic N) is 4. The standard InChI is InChI=1S/C18H24N3O4PS.C17H24N3O4PS/c1-11-10-21(16(27)20-14(11)22)13-9-18(25-26(4)23-6-5-19-3)8-12-7-17(12,2)15(18)24-13;1-11-5-6-17(24-25(4)22-8-7-18-3)9-13(23-14(11)17)20-10-12(2)15(21)19-16(20)26/h10,12-13,15H,5-9H2,1-2,4H3,(H,20,22,27);10-11,13-14H,5-9H2,1-2,4H3,(H,19,21,26)/t12?,13-,15-,17+,18+,26?;11-,13-,14-,17+,25?/m11/s1. The van der Waals surface area contributed by atoms with Gasteiger partial charge in [0, 0.05) is 49.7 Å². The van der Waals surface area contributed by atoms with E-state index in [2.05, 4.69) is 33.5 Å². The van der Waals surface area contributed by atoms with Crippen LogP contribution in [-0.4, -0.2) is 82.1 Å². The minimum atomic E-state index is -1.09. The minimum Gasteiger partial charge on any atom is -0.351 e. The van der Waals surface area contributed by atoms with E-state index in [0.717, 1.165) is 25.7 Å². The molecule has 2 N–H and O–H groups in total. The average Bonchev–Trinajstić information content (AvgIpc) is 3.39. The number of fused-ring (bicyclic) bond motifs is 4. The summed E-state index contributed by atoms with van der Waals surface area (Å²) < 4.78 is 41.5. The van der Waals surface area contributed by atoms with Crippen LogP contribution in [0.15, 0.2) is 22.0 Å². The lowest BCUT2D eigenvalue weighted by molar-refractivity contribution is -0.0652. The molecular formula is C35H48N6O8P2S2. The summed E-state index contributed by atoms with van der Waals surface area (Å²) in [7, 11) is -2.18. The van der Waals surface area contributed by atoms with Crippen LogP contribution in [0.3, 0.4) is 0 Å². The third-order valence-electron chi connectivity index (χ3n) is 11.3. The van der Waals surface area contributed by atoms with Crippen molar-refractivity contribution in [1.82, 2.24) is 19.1 Å². The van der Waals surface area contributed by atoms with Gasteiger partial charge in [-0.3, -0.25) is 28.7 Å². The summed E-state index contributed by atoms with van der Waals surface area (Å²) in [5.41, 5.74) is 0.216. The van der Waals surface area contributed by atoms with Gasteiger partial charge in [-0.1, -0.05) is 13.8 Å². The number of hydrogen-bond donors (Lipinski definition) is 2. The first-order chi connectivity index (χ1) is 25.1. The average molecular weight is 807 g/mol. The van der Waals surface area contributed by atoms with Gasteiger partial charge in [0.2, 0.25) is 13.1 Å². The molecule has 0 bridgehead atoms. The molecule has 7 rings (SSSR count). The Bertz CT molecular complexity index is 2010. The summed E-state index contributed by atoms with van der Waals surface area (Å²) in [5.74, 6) is 1.00. The number of aryl methyl sites for hydroxylation is 2. The maximum atomic E-state index is 11.8. The lowest BCUT2D eigenvalue weighted by atomic mass is 9.89. The van der Waals surface area contributed by atoms with Gasteiger partial charge in [0.25, 0.3) is 11.1 Å². The summed E-state index contributed by atoms with van der Waals surface area (Å²) in [6.45, 7) is 27.0. The Morgan fingerprint density at radius 3 is 1.92 bits per heavy atom. The van der Waals surface area contributed by atoms with Crippen molar-refractivity contribution in [3.05, 3.63) is 76.6 Å². The topological polar surface area (TPSA) is 140 Å². The maximum absolute atomic E-state index is 11.8. The SMILES string of the molecule is [C-]#[N+]CCOP(C)O[C@]12CC3C[C@]3(C)[C@H]1O[C@@H](n1cc(C)c(=O)[nH]c1=S)C2.[C-]#[N+]CCOP(C)O[C@]12CC[C@@H](C)[C@H]1O[C@@H](n1cc(C)c(=O)[nH]c1=S)C2. The number of ether oxygens (including phenoxy) is 2. The van der Waals surface area contributed by atoms with E-state index >= 15 is 0 Å². The number of H-pyrrole nitrogens is 2. The molecule has 18 heteroatoms. The molecule has 11 atom stereocenters. The van der Waals surface area contributed by atoms with Crippen molar-refractivity contribution in [2.45, 2.75) is 102 Å². The molecule has 2 saturated heterocycles. The van der Waals surface area contributed by atoms with Crippen LogP contribution in [-0.2, 0) is 27.6 Å². The van der Waals surface area contributed by atoms with E-state index in [1.165, 1.54) is 0 Å². The van der Waals surface area contributed by atoms with Gasteiger partial charge < -0.3 is 37.3 Å². The lowest BCUT2D eigenvalue weighted by Crippen LogP contribution is -2.40. The fraction of sp³-hybridized carbons (Fsp3) is 0.714. The first-order valence-electron chi connectivity index (χ1n) is 17.9. The molecule has 0 spiro atoms. The maximum Gasteiger partial charge on any atom is 0.254 e. The molecule has 53 heavy (non-hydrogen) atoms. The molecule has 5 fully saturated rings. The lowest BCUT2D eigenvalue weighted by Gasteiger charge is -2.33. The predicted octanol–water partition coefficient (Wildman–Crippen LogP) is 7.13. The zero-order chi connectivity index (χ0) is 38.3. The molecular weight excluding hydrogens is 759 g/mol. The van der Waals surface area contributed by atoms with E-state index < -0.39 is 22.4 Å². The second kappa shape index (κ2) is 16.1. The second-order valence-corrected chi connectivity index (χ2v) is 18.5. The Labute approximate surface area is 322 Å². The number of aromatic amines is 2. The molecule has 3 saturated carbocycles. The number of rotatable bonds is 12. The number of hydrogen-bond acceptors (Lipinski definition) is 10. The molecule has 0 amide bonds. The van der Waals surface area contributed by atoms with E-state index in [9.17, 15) is 9.59 Å². The van der Waals surface area contributed by atoms with E-state index in [-0.39, 0.29) is 46.8 Å². The summed E-state index contributed by atoms with van der Waals surface area (Å²) in [6.07, 6.45) is 8.37. The van der Waals surface area contributed by atoms with Gasteiger partial charge in [0.05, 0.1) is 12.2 Å². The molecule has 2 aromatic rings. The van der Waals surface area contributed by atoms with Crippen LogP contribution < -0.4 is 11.1 Å². The molecule has 5 aliphatic rings. The van der Waals surface area contributed by atoms with Gasteiger partial charge in [-0.05, 0) is 81.2 Å². The van der Waals surface area contributed by atoms with E-state index in [1.807, 2.05) is 22.5 Å². The summed E-state index contributed by atoms with van der Waals surface area (Å²) in [5, 5.41) is 0. The molecule has 288 valence electrons. The molecule has 0 aromatic carbocycles. The third kappa shape index (κ3) is 8.20. The van der Waals surface area contributed by atoms with Gasteiger partial charge >= 0.3 is 0 Å². The van der Waals surface area contributed by atoms with Crippen LogP contribution in [0.1, 0.15) is 76.0 Å². The van der Waals surface area contributed by atoms with E-state index in [4.69, 9.17) is 65.1 Å². The van der Waals surface area contributed by atoms with Crippen molar-refractivity contribution >= 4 is 41.2 Å². The van der Waals surface area contributed by atoms with Crippen molar-refractivity contribution in [3.63, 3.8) is 0 Å². The zero-order valence-corrected chi connectivity index (χ0v) is 34.4. The van der Waals surface area contributed by atoms with Crippen LogP contribution in [0.2, 0.25) is 0 Å². The quantitative estimate of drug-likeness (QED) is 0.0986. The van der Waals surface area contributed by atoms with Gasteiger partial charge in [-0.25, -0.2) is 13.1 Å².